The summed E-state index contributed by atoms with van der Waals surface area (Å²) in [5.41, 5.74) is 3.21. The van der Waals surface area contributed by atoms with Crippen molar-refractivity contribution in [3.05, 3.63) is 41.2 Å². The molecule has 0 unspecified atom stereocenters. The van der Waals surface area contributed by atoms with Gasteiger partial charge in [-0.25, -0.2) is 18.1 Å². The number of pyridine rings is 1. The first kappa shape index (κ1) is 19.5. The van der Waals surface area contributed by atoms with Gasteiger partial charge in [-0.3, -0.25) is 4.79 Å². The first-order valence-electron chi connectivity index (χ1n) is 10.7. The molecule has 4 heterocycles. The van der Waals surface area contributed by atoms with Crippen molar-refractivity contribution in [1.29, 1.82) is 0 Å². The number of aryl methyl sites for hydroxylation is 1. The van der Waals surface area contributed by atoms with Gasteiger partial charge in [-0.2, -0.15) is 5.10 Å². The van der Waals surface area contributed by atoms with Crippen LogP contribution in [0, 0.1) is 6.92 Å². The number of carbonyl (C=O) groups is 1. The highest BCUT2D eigenvalue weighted by Gasteiger charge is 2.34. The molecular formula is C22H22N4O5S. The number of nitrogens with one attached hydrogen (secondary N) is 1. The summed E-state index contributed by atoms with van der Waals surface area (Å²) in [4.78, 5) is 18.2. The Bertz CT molecular complexity index is 1380. The standard InChI is InChI=1S/C22H22N4O5S/c1-12-20-16(22(27)23-14-4-5-18-19(8-14)31-11-30-18)9-17(13-2-3-13)24-21(20)26(25-12)15-6-7-32(28,29)10-15/h4-5,8-9,13,15H,2-3,6-7,10-11H2,1H3,(H,23,27)/t15-/m0/s1. The van der Waals surface area contributed by atoms with Crippen LogP contribution in [-0.2, 0) is 9.84 Å². The van der Waals surface area contributed by atoms with Crippen LogP contribution in [0.25, 0.3) is 11.0 Å². The van der Waals surface area contributed by atoms with Gasteiger partial charge in [-0.05, 0) is 44.4 Å². The number of amides is 1. The smallest absolute Gasteiger partial charge is 0.256 e. The lowest BCUT2D eigenvalue weighted by molar-refractivity contribution is 0.102. The summed E-state index contributed by atoms with van der Waals surface area (Å²) in [5.74, 6) is 1.50. The zero-order valence-corrected chi connectivity index (χ0v) is 18.3. The van der Waals surface area contributed by atoms with Gasteiger partial charge in [-0.1, -0.05) is 0 Å². The Balaban J connectivity index is 1.42. The van der Waals surface area contributed by atoms with E-state index in [1.165, 1.54) is 0 Å². The number of anilines is 1. The van der Waals surface area contributed by atoms with Gasteiger partial charge in [0.1, 0.15) is 0 Å². The van der Waals surface area contributed by atoms with Crippen molar-refractivity contribution in [2.75, 3.05) is 23.6 Å². The Hall–Kier alpha value is -3.14. The van der Waals surface area contributed by atoms with E-state index >= 15 is 0 Å². The van der Waals surface area contributed by atoms with Crippen LogP contribution in [0.5, 0.6) is 11.5 Å². The third-order valence-electron chi connectivity index (χ3n) is 6.28. The van der Waals surface area contributed by atoms with Crippen LogP contribution in [-0.4, -0.2) is 47.4 Å². The van der Waals surface area contributed by atoms with Crippen LogP contribution in [0.15, 0.2) is 24.3 Å². The number of rotatable bonds is 4. The summed E-state index contributed by atoms with van der Waals surface area (Å²) < 4.78 is 36.6. The summed E-state index contributed by atoms with van der Waals surface area (Å²) in [6.45, 7) is 2.00. The summed E-state index contributed by atoms with van der Waals surface area (Å²) in [5, 5.41) is 8.24. The summed E-state index contributed by atoms with van der Waals surface area (Å²) >= 11 is 0. The molecule has 1 atom stereocenters. The molecule has 32 heavy (non-hydrogen) atoms. The Morgan fingerprint density at radius 3 is 2.72 bits per heavy atom. The van der Waals surface area contributed by atoms with Gasteiger partial charge in [-0.15, -0.1) is 0 Å². The number of hydrogen-bond acceptors (Lipinski definition) is 7. The molecule has 6 rings (SSSR count). The fourth-order valence-electron chi connectivity index (χ4n) is 4.50. The van der Waals surface area contributed by atoms with Crippen molar-refractivity contribution in [2.45, 2.75) is 38.1 Å². The number of sulfone groups is 1. The molecule has 2 aliphatic heterocycles. The summed E-state index contributed by atoms with van der Waals surface area (Å²) in [6, 6.07) is 6.86. The average Bonchev–Trinajstić information content (AvgIpc) is 3.27. The maximum atomic E-state index is 13.4. The molecule has 1 saturated heterocycles. The molecule has 2 fully saturated rings. The number of hydrogen-bond donors (Lipinski definition) is 1. The van der Waals surface area contributed by atoms with Gasteiger partial charge in [0.05, 0.1) is 34.2 Å². The minimum absolute atomic E-state index is 0.0529. The minimum atomic E-state index is -3.08. The number of carbonyl (C=O) groups excluding carboxylic acids is 1. The Kier molecular flexibility index (Phi) is 4.23. The van der Waals surface area contributed by atoms with E-state index < -0.39 is 9.84 Å². The molecule has 1 aromatic carbocycles. The van der Waals surface area contributed by atoms with Crippen LogP contribution >= 0.6 is 0 Å². The molecule has 0 radical (unpaired) electrons. The van der Waals surface area contributed by atoms with E-state index in [0.717, 1.165) is 18.5 Å². The number of fused-ring (bicyclic) bond motifs is 2. The van der Waals surface area contributed by atoms with Crippen molar-refractivity contribution >= 4 is 32.5 Å². The lowest BCUT2D eigenvalue weighted by Gasteiger charge is -2.12. The maximum Gasteiger partial charge on any atom is 0.256 e. The highest BCUT2D eigenvalue weighted by molar-refractivity contribution is 7.91. The largest absolute Gasteiger partial charge is 0.454 e. The first-order chi connectivity index (χ1) is 15.4. The number of nitrogens with zero attached hydrogens (tertiary/aromatic N) is 3. The third-order valence-corrected chi connectivity index (χ3v) is 8.03. The monoisotopic (exact) mass is 454 g/mol. The van der Waals surface area contributed by atoms with E-state index in [2.05, 4.69) is 10.4 Å². The van der Waals surface area contributed by atoms with E-state index in [4.69, 9.17) is 14.5 Å². The van der Waals surface area contributed by atoms with Crippen molar-refractivity contribution < 1.29 is 22.7 Å². The van der Waals surface area contributed by atoms with Crippen LogP contribution in [0.3, 0.4) is 0 Å². The summed E-state index contributed by atoms with van der Waals surface area (Å²) in [7, 11) is -3.08. The molecule has 1 N–H and O–H groups in total. The molecule has 0 bridgehead atoms. The average molecular weight is 455 g/mol. The normalized spacial score (nSPS) is 21.2. The summed E-state index contributed by atoms with van der Waals surface area (Å²) in [6.07, 6.45) is 2.58. The highest BCUT2D eigenvalue weighted by Crippen LogP contribution is 2.41. The number of benzene rings is 1. The Morgan fingerprint density at radius 1 is 1.16 bits per heavy atom. The van der Waals surface area contributed by atoms with E-state index in [9.17, 15) is 13.2 Å². The second-order valence-electron chi connectivity index (χ2n) is 8.68. The second kappa shape index (κ2) is 6.93. The maximum absolute atomic E-state index is 13.4. The Morgan fingerprint density at radius 2 is 1.97 bits per heavy atom. The van der Waals surface area contributed by atoms with Crippen molar-refractivity contribution in [1.82, 2.24) is 14.8 Å². The van der Waals surface area contributed by atoms with Gasteiger partial charge in [0.25, 0.3) is 5.91 Å². The molecule has 1 aliphatic carbocycles. The SMILES string of the molecule is Cc1nn([C@H]2CCS(=O)(=O)C2)c2nc(C3CC3)cc(C(=O)Nc3ccc4c(c3)OCO4)c12. The molecule has 9 nitrogen and oxygen atoms in total. The van der Waals surface area contributed by atoms with Gasteiger partial charge in [0.2, 0.25) is 6.79 Å². The molecule has 166 valence electrons. The van der Waals surface area contributed by atoms with E-state index in [1.807, 2.05) is 13.0 Å². The van der Waals surface area contributed by atoms with Crippen LogP contribution in [0.4, 0.5) is 5.69 Å². The number of ether oxygens (including phenoxy) is 2. The van der Waals surface area contributed by atoms with Crippen LogP contribution < -0.4 is 14.8 Å². The van der Waals surface area contributed by atoms with E-state index in [1.54, 1.807) is 22.9 Å². The topological polar surface area (TPSA) is 112 Å². The van der Waals surface area contributed by atoms with Crippen LogP contribution in [0.1, 0.15) is 53.0 Å². The molecule has 3 aromatic rings. The Labute approximate surface area is 184 Å². The predicted molar refractivity (Wildman–Crippen MR) is 117 cm³/mol. The lowest BCUT2D eigenvalue weighted by atomic mass is 10.1. The molecular weight excluding hydrogens is 432 g/mol. The third kappa shape index (κ3) is 3.29. The minimum Gasteiger partial charge on any atom is -0.454 e. The fourth-order valence-corrected chi connectivity index (χ4v) is 6.19. The quantitative estimate of drug-likeness (QED) is 0.645. The zero-order valence-electron chi connectivity index (χ0n) is 17.5. The van der Waals surface area contributed by atoms with Gasteiger partial charge in [0.15, 0.2) is 27.0 Å². The second-order valence-corrected chi connectivity index (χ2v) is 10.9. The van der Waals surface area contributed by atoms with Crippen LogP contribution in [0.2, 0.25) is 0 Å². The van der Waals surface area contributed by atoms with Gasteiger partial charge >= 0.3 is 0 Å². The predicted octanol–water partition coefficient (Wildman–Crippen LogP) is 2.96. The number of aromatic nitrogens is 3. The molecule has 1 amide bonds. The first-order valence-corrected chi connectivity index (χ1v) is 12.5. The van der Waals surface area contributed by atoms with Crippen molar-refractivity contribution in [2.24, 2.45) is 0 Å². The molecule has 3 aliphatic rings. The molecule has 0 spiro atoms. The lowest BCUT2D eigenvalue weighted by Crippen LogP contribution is -2.15. The molecule has 1 saturated carbocycles. The van der Waals surface area contributed by atoms with Crippen molar-refractivity contribution in [3.8, 4) is 11.5 Å². The highest BCUT2D eigenvalue weighted by atomic mass is 32.2. The molecule has 2 aromatic heterocycles. The zero-order chi connectivity index (χ0) is 22.0. The fraction of sp³-hybridized carbons (Fsp3) is 0.409. The van der Waals surface area contributed by atoms with Gasteiger partial charge < -0.3 is 14.8 Å². The molecule has 10 heteroatoms. The van der Waals surface area contributed by atoms with E-state index in [0.29, 0.717) is 51.8 Å². The van der Waals surface area contributed by atoms with E-state index in [-0.39, 0.29) is 30.2 Å². The van der Waals surface area contributed by atoms with Gasteiger partial charge in [0, 0.05) is 23.4 Å². The van der Waals surface area contributed by atoms with Crippen molar-refractivity contribution in [3.63, 3.8) is 0 Å².